The van der Waals surface area contributed by atoms with Crippen molar-refractivity contribution in [1.82, 2.24) is 0 Å². The van der Waals surface area contributed by atoms with Crippen molar-refractivity contribution in [2.45, 2.75) is 40.0 Å². The van der Waals surface area contributed by atoms with Crippen molar-refractivity contribution in [3.8, 4) is 0 Å². The molecule has 0 aromatic carbocycles. The summed E-state index contributed by atoms with van der Waals surface area (Å²) in [5, 5.41) is -0.283. The molecular formula is C12H21ClO2. The van der Waals surface area contributed by atoms with Crippen LogP contribution >= 0.6 is 11.6 Å². The second-order valence-electron chi connectivity index (χ2n) is 4.21. The van der Waals surface area contributed by atoms with E-state index < -0.39 is 0 Å². The molecule has 3 heteroatoms. The number of ether oxygens (including phenoxy) is 1. The molecule has 15 heavy (non-hydrogen) atoms. The highest BCUT2D eigenvalue weighted by atomic mass is 35.5. The number of carbonyl (C=O) groups is 1. The highest BCUT2D eigenvalue weighted by Gasteiger charge is 2.29. The van der Waals surface area contributed by atoms with Crippen molar-refractivity contribution < 1.29 is 9.53 Å². The molecule has 88 valence electrons. The molecule has 2 unspecified atom stereocenters. The fraction of sp³-hybridized carbons (Fsp3) is 0.750. The lowest BCUT2D eigenvalue weighted by Crippen LogP contribution is -2.30. The summed E-state index contributed by atoms with van der Waals surface area (Å²) in [5.41, 5.74) is 1.12. The summed E-state index contributed by atoms with van der Waals surface area (Å²) >= 11 is 6.19. The van der Waals surface area contributed by atoms with Gasteiger partial charge in [0.15, 0.2) is 0 Å². The van der Waals surface area contributed by atoms with Gasteiger partial charge in [0.2, 0.25) is 0 Å². The fourth-order valence-electron chi connectivity index (χ4n) is 1.43. The highest BCUT2D eigenvalue weighted by molar-refractivity contribution is 6.23. The number of hydrogen-bond donors (Lipinski definition) is 0. The van der Waals surface area contributed by atoms with Crippen LogP contribution in [0.15, 0.2) is 11.6 Å². The Hall–Kier alpha value is -0.500. The van der Waals surface area contributed by atoms with Crippen molar-refractivity contribution in [3.05, 3.63) is 11.6 Å². The molecule has 0 aliphatic heterocycles. The minimum absolute atomic E-state index is 0.183. The first-order valence-corrected chi connectivity index (χ1v) is 5.79. The summed E-state index contributed by atoms with van der Waals surface area (Å²) in [7, 11) is 0. The van der Waals surface area contributed by atoms with Gasteiger partial charge in [0.1, 0.15) is 0 Å². The van der Waals surface area contributed by atoms with Crippen LogP contribution in [-0.2, 0) is 9.53 Å². The van der Waals surface area contributed by atoms with Crippen molar-refractivity contribution >= 4 is 17.6 Å². The highest BCUT2D eigenvalue weighted by Crippen LogP contribution is 2.23. The van der Waals surface area contributed by atoms with Gasteiger partial charge in [-0.15, -0.1) is 11.6 Å². The van der Waals surface area contributed by atoms with Crippen LogP contribution in [0.2, 0.25) is 0 Å². The Bertz CT molecular complexity index is 230. The maximum Gasteiger partial charge on any atom is 0.311 e. The number of carbonyl (C=O) groups excluding carboxylic acids is 1. The zero-order valence-corrected chi connectivity index (χ0v) is 11.0. The van der Waals surface area contributed by atoms with Gasteiger partial charge < -0.3 is 4.74 Å². The first-order valence-electron chi connectivity index (χ1n) is 5.35. The van der Waals surface area contributed by atoms with E-state index in [0.29, 0.717) is 6.61 Å². The van der Waals surface area contributed by atoms with E-state index in [1.165, 1.54) is 0 Å². The van der Waals surface area contributed by atoms with Gasteiger partial charge in [-0.1, -0.05) is 25.5 Å². The maximum absolute atomic E-state index is 11.7. The molecule has 0 rings (SSSR count). The molecule has 0 aromatic rings. The second-order valence-corrected chi connectivity index (χ2v) is 4.71. The van der Waals surface area contributed by atoms with Crippen LogP contribution in [0.5, 0.6) is 0 Å². The minimum Gasteiger partial charge on any atom is -0.466 e. The largest absolute Gasteiger partial charge is 0.466 e. The van der Waals surface area contributed by atoms with Crippen LogP contribution in [0.3, 0.4) is 0 Å². The average molecular weight is 233 g/mol. The second kappa shape index (κ2) is 6.89. The predicted molar refractivity (Wildman–Crippen MR) is 64.0 cm³/mol. The summed E-state index contributed by atoms with van der Waals surface area (Å²) in [6, 6.07) is 0. The van der Waals surface area contributed by atoms with Crippen LogP contribution in [0.4, 0.5) is 0 Å². The quantitative estimate of drug-likeness (QED) is 0.413. The van der Waals surface area contributed by atoms with Crippen molar-refractivity contribution in [3.63, 3.8) is 0 Å². The summed E-state index contributed by atoms with van der Waals surface area (Å²) in [4.78, 5) is 11.7. The van der Waals surface area contributed by atoms with Crippen LogP contribution in [0, 0.1) is 11.8 Å². The molecule has 0 saturated carbocycles. The Balaban J connectivity index is 4.66. The third-order valence-electron chi connectivity index (χ3n) is 2.11. The number of alkyl halides is 1. The van der Waals surface area contributed by atoms with Crippen molar-refractivity contribution in [2.24, 2.45) is 11.8 Å². The topological polar surface area (TPSA) is 26.3 Å². The van der Waals surface area contributed by atoms with E-state index in [9.17, 15) is 4.79 Å². The van der Waals surface area contributed by atoms with Gasteiger partial charge >= 0.3 is 5.97 Å². The van der Waals surface area contributed by atoms with Crippen LogP contribution < -0.4 is 0 Å². The third-order valence-corrected chi connectivity index (χ3v) is 2.51. The molecule has 0 heterocycles. The molecule has 0 saturated heterocycles. The molecule has 0 fully saturated rings. The third kappa shape index (κ3) is 5.22. The molecule has 0 bridgehead atoms. The van der Waals surface area contributed by atoms with E-state index in [2.05, 4.69) is 0 Å². The summed E-state index contributed by atoms with van der Waals surface area (Å²) < 4.78 is 5.02. The lowest BCUT2D eigenvalue weighted by Gasteiger charge is -2.22. The van der Waals surface area contributed by atoms with Crippen molar-refractivity contribution in [2.75, 3.05) is 6.61 Å². The monoisotopic (exact) mass is 232 g/mol. The van der Waals surface area contributed by atoms with Crippen LogP contribution in [0.1, 0.15) is 34.6 Å². The van der Waals surface area contributed by atoms with Gasteiger partial charge in [-0.25, -0.2) is 0 Å². The summed E-state index contributed by atoms with van der Waals surface area (Å²) in [6.45, 7) is 10.1. The zero-order chi connectivity index (χ0) is 12.0. The van der Waals surface area contributed by atoms with Crippen LogP contribution in [0.25, 0.3) is 0 Å². The minimum atomic E-state index is -0.283. The number of allylic oxidation sites excluding steroid dienone is 2. The van der Waals surface area contributed by atoms with Gasteiger partial charge in [-0.05, 0) is 26.7 Å². The van der Waals surface area contributed by atoms with E-state index in [1.54, 1.807) is 6.92 Å². The number of esters is 1. The molecule has 0 radical (unpaired) electrons. The van der Waals surface area contributed by atoms with Gasteiger partial charge in [-0.2, -0.15) is 0 Å². The molecule has 0 spiro atoms. The molecule has 0 amide bonds. The average Bonchev–Trinajstić information content (AvgIpc) is 2.01. The molecule has 0 aliphatic carbocycles. The number of halogens is 1. The summed E-state index contributed by atoms with van der Waals surface area (Å²) in [6.07, 6.45) is 1.91. The first kappa shape index (κ1) is 14.5. The Morgan fingerprint density at radius 2 is 1.93 bits per heavy atom. The Morgan fingerprint density at radius 1 is 1.40 bits per heavy atom. The Labute approximate surface area is 97.6 Å². The number of hydrogen-bond acceptors (Lipinski definition) is 2. The molecule has 2 atom stereocenters. The standard InChI is InChI=1S/C12H21ClO2/c1-6-15-12(14)11(9(4)5)10(13)7-8(2)3/h7,9-11H,6H2,1-5H3. The molecule has 0 aromatic heterocycles. The lowest BCUT2D eigenvalue weighted by atomic mass is 9.91. The smallest absolute Gasteiger partial charge is 0.311 e. The van der Waals surface area contributed by atoms with Gasteiger partial charge in [0.25, 0.3) is 0 Å². The fourth-order valence-corrected chi connectivity index (χ4v) is 2.08. The molecule has 0 N–H and O–H groups in total. The van der Waals surface area contributed by atoms with E-state index in [0.717, 1.165) is 5.57 Å². The SMILES string of the molecule is CCOC(=O)C(C(C)C)C(Cl)C=C(C)C. The van der Waals surface area contributed by atoms with Crippen LogP contribution in [-0.4, -0.2) is 18.0 Å². The van der Waals surface area contributed by atoms with E-state index in [-0.39, 0.29) is 23.2 Å². The molecule has 0 aliphatic rings. The van der Waals surface area contributed by atoms with Gasteiger partial charge in [-0.3, -0.25) is 4.79 Å². The molecular weight excluding hydrogens is 212 g/mol. The van der Waals surface area contributed by atoms with E-state index in [4.69, 9.17) is 16.3 Å². The maximum atomic E-state index is 11.7. The first-order chi connectivity index (χ1) is 6.90. The van der Waals surface area contributed by atoms with Crippen molar-refractivity contribution in [1.29, 1.82) is 0 Å². The normalized spacial score (nSPS) is 14.6. The van der Waals surface area contributed by atoms with Gasteiger partial charge in [0.05, 0.1) is 17.9 Å². The predicted octanol–water partition coefficient (Wildman–Crippen LogP) is 3.40. The lowest BCUT2D eigenvalue weighted by molar-refractivity contribution is -0.149. The number of rotatable bonds is 5. The zero-order valence-electron chi connectivity index (χ0n) is 10.2. The van der Waals surface area contributed by atoms with E-state index in [1.807, 2.05) is 33.8 Å². The Morgan fingerprint density at radius 3 is 2.27 bits per heavy atom. The molecule has 2 nitrogen and oxygen atoms in total. The van der Waals surface area contributed by atoms with Gasteiger partial charge in [0, 0.05) is 0 Å². The summed E-state index contributed by atoms with van der Waals surface area (Å²) in [5.74, 6) is -0.284. The van der Waals surface area contributed by atoms with E-state index >= 15 is 0 Å². The Kier molecular flexibility index (Phi) is 6.66.